The maximum absolute atomic E-state index is 14.6. The first kappa shape index (κ1) is 31.1. The van der Waals surface area contributed by atoms with Gasteiger partial charge in [0.05, 0.1) is 22.3 Å². The van der Waals surface area contributed by atoms with Gasteiger partial charge in [0, 0.05) is 10.9 Å². The summed E-state index contributed by atoms with van der Waals surface area (Å²) in [6, 6.07) is 41.8. The fourth-order valence-electron chi connectivity index (χ4n) is 6.86. The Hall–Kier alpha value is -6.21. The molecular weight excluding hydrogens is 635 g/mol. The monoisotopic (exact) mass is 663 g/mol. The number of carbonyl (C=O) groups is 1. The molecule has 1 N–H and O–H groups in total. The van der Waals surface area contributed by atoms with Gasteiger partial charge >= 0.3 is 12.1 Å². The van der Waals surface area contributed by atoms with E-state index >= 15 is 0 Å². The molecule has 6 aromatic carbocycles. The Morgan fingerprint density at radius 2 is 1.40 bits per heavy atom. The van der Waals surface area contributed by atoms with Crippen molar-refractivity contribution in [3.8, 4) is 45.0 Å². The van der Waals surface area contributed by atoms with Crippen LogP contribution in [0.4, 0.5) is 13.2 Å². The van der Waals surface area contributed by atoms with Crippen molar-refractivity contribution in [2.75, 3.05) is 0 Å². The fraction of sp³-hybridized carbons (Fsp3) is 0.0698. The van der Waals surface area contributed by atoms with E-state index in [9.17, 15) is 23.1 Å². The van der Waals surface area contributed by atoms with Crippen LogP contribution in [0.1, 0.15) is 38.2 Å². The van der Waals surface area contributed by atoms with Crippen LogP contribution in [0.3, 0.4) is 0 Å². The zero-order valence-electron chi connectivity index (χ0n) is 26.5. The summed E-state index contributed by atoms with van der Waals surface area (Å²) < 4.78 is 49.8. The third-order valence-electron chi connectivity index (χ3n) is 9.12. The number of fused-ring (bicyclic) bond motifs is 4. The molecule has 7 heteroatoms. The lowest BCUT2D eigenvalue weighted by Gasteiger charge is -2.18. The predicted octanol–water partition coefficient (Wildman–Crippen LogP) is 11.2. The highest BCUT2D eigenvalue weighted by Gasteiger charge is 2.34. The largest absolute Gasteiger partial charge is 0.478 e. The topological polar surface area (TPSA) is 59.4 Å². The molecule has 1 aliphatic rings. The van der Waals surface area contributed by atoms with Gasteiger partial charge < -0.3 is 9.84 Å². The van der Waals surface area contributed by atoms with E-state index in [-0.39, 0.29) is 11.1 Å². The van der Waals surface area contributed by atoms with E-state index in [2.05, 4.69) is 36.4 Å². The zero-order valence-corrected chi connectivity index (χ0v) is 26.5. The van der Waals surface area contributed by atoms with Crippen LogP contribution in [0.15, 0.2) is 140 Å². The molecule has 8 rings (SSSR count). The third-order valence-corrected chi connectivity index (χ3v) is 9.12. The zero-order chi connectivity index (χ0) is 34.4. The van der Waals surface area contributed by atoms with Gasteiger partial charge in [-0.05, 0) is 106 Å². The van der Waals surface area contributed by atoms with Crippen LogP contribution in [0.2, 0.25) is 0 Å². The smallest absolute Gasteiger partial charge is 0.418 e. The molecule has 7 aromatic rings. The molecule has 0 atom stereocenters. The third kappa shape index (κ3) is 5.87. The molecule has 0 bridgehead atoms. The number of carboxylic acid groups (broad SMARTS) is 1. The van der Waals surface area contributed by atoms with Gasteiger partial charge in [0.15, 0.2) is 0 Å². The first-order valence-electron chi connectivity index (χ1n) is 16.1. The van der Waals surface area contributed by atoms with Gasteiger partial charge in [-0.3, -0.25) is 0 Å². The number of para-hydroxylation sites is 1. The molecule has 0 amide bonds. The van der Waals surface area contributed by atoms with Gasteiger partial charge in [0.25, 0.3) is 0 Å². The predicted molar refractivity (Wildman–Crippen MR) is 189 cm³/mol. The Morgan fingerprint density at radius 3 is 2.20 bits per heavy atom. The van der Waals surface area contributed by atoms with E-state index in [1.807, 2.05) is 42.5 Å². The normalized spacial score (nSPS) is 12.1. The molecule has 0 unspecified atom stereocenters. The van der Waals surface area contributed by atoms with Crippen molar-refractivity contribution in [3.63, 3.8) is 0 Å². The molecule has 0 aliphatic heterocycles. The van der Waals surface area contributed by atoms with Crippen molar-refractivity contribution in [1.82, 2.24) is 4.98 Å². The molecule has 1 aromatic heterocycles. The Morgan fingerprint density at radius 1 is 0.680 bits per heavy atom. The minimum atomic E-state index is -4.63. The number of hydrogen-bond donors (Lipinski definition) is 1. The highest BCUT2D eigenvalue weighted by molar-refractivity contribution is 5.99. The lowest BCUT2D eigenvalue weighted by atomic mass is 9.91. The second-order valence-electron chi connectivity index (χ2n) is 12.4. The van der Waals surface area contributed by atoms with Crippen molar-refractivity contribution in [1.29, 1.82) is 0 Å². The van der Waals surface area contributed by atoms with E-state index in [1.165, 1.54) is 18.2 Å². The first-order valence-corrected chi connectivity index (χ1v) is 16.1. The summed E-state index contributed by atoms with van der Waals surface area (Å²) in [5, 5.41) is 9.78. The van der Waals surface area contributed by atoms with E-state index in [1.54, 1.807) is 36.4 Å². The summed E-state index contributed by atoms with van der Waals surface area (Å²) in [6.07, 6.45) is -3.34. The molecule has 0 radical (unpaired) electrons. The Balaban J connectivity index is 1.33. The van der Waals surface area contributed by atoms with Crippen molar-refractivity contribution >= 4 is 16.9 Å². The van der Waals surface area contributed by atoms with Gasteiger partial charge in [0.1, 0.15) is 11.5 Å². The lowest BCUT2D eigenvalue weighted by molar-refractivity contribution is -0.136. The number of benzene rings is 6. The number of pyridine rings is 1. The minimum absolute atomic E-state index is 0.0762. The molecule has 50 heavy (non-hydrogen) atoms. The van der Waals surface area contributed by atoms with Crippen LogP contribution in [0.25, 0.3) is 44.4 Å². The molecule has 244 valence electrons. The molecular formula is C43H28F3NO3. The summed E-state index contributed by atoms with van der Waals surface area (Å²) in [4.78, 5) is 16.3. The number of carboxylic acids is 1. The Bertz CT molecular complexity index is 2440. The molecule has 4 nitrogen and oxygen atoms in total. The summed E-state index contributed by atoms with van der Waals surface area (Å²) >= 11 is 0. The number of aromatic carboxylic acids is 1. The second-order valence-corrected chi connectivity index (χ2v) is 12.4. The standard InChI is InChI=1S/C43H28F3NO3/c44-43(45,46)39-18-8-17-34-35(28-12-6-14-31(22-28)50-32-15-7-13-30(23-32)42(48)49)25-40(47-41(34)39)38-21-27(19-26-9-2-1-3-10-26)20-36-33-16-5-4-11-29(33)24-37(36)38/h1-18,20-23,25H,19,24H2,(H,48,49). The van der Waals surface area contributed by atoms with E-state index in [4.69, 9.17) is 9.72 Å². The molecule has 0 saturated carbocycles. The van der Waals surface area contributed by atoms with Crippen LogP contribution in [0, 0.1) is 0 Å². The van der Waals surface area contributed by atoms with Gasteiger partial charge in [0.2, 0.25) is 0 Å². The van der Waals surface area contributed by atoms with Crippen molar-refractivity contribution in [2.24, 2.45) is 0 Å². The lowest BCUT2D eigenvalue weighted by Crippen LogP contribution is -2.07. The van der Waals surface area contributed by atoms with Crippen LogP contribution in [-0.2, 0) is 19.0 Å². The molecule has 0 fully saturated rings. The number of ether oxygens (including phenoxy) is 1. The van der Waals surface area contributed by atoms with Crippen LogP contribution >= 0.6 is 0 Å². The number of rotatable bonds is 7. The maximum Gasteiger partial charge on any atom is 0.418 e. The number of aromatic nitrogens is 1. The summed E-state index contributed by atoms with van der Waals surface area (Å²) in [6.45, 7) is 0. The average molecular weight is 664 g/mol. The maximum atomic E-state index is 14.6. The van der Waals surface area contributed by atoms with Gasteiger partial charge in [-0.1, -0.05) is 91.0 Å². The van der Waals surface area contributed by atoms with Crippen LogP contribution in [-0.4, -0.2) is 16.1 Å². The van der Waals surface area contributed by atoms with Crippen LogP contribution < -0.4 is 4.74 Å². The highest BCUT2D eigenvalue weighted by Crippen LogP contribution is 2.45. The van der Waals surface area contributed by atoms with Crippen molar-refractivity contribution < 1.29 is 27.8 Å². The number of halogens is 3. The Labute approximate surface area is 286 Å². The fourth-order valence-corrected chi connectivity index (χ4v) is 6.86. The number of alkyl halides is 3. The van der Waals surface area contributed by atoms with E-state index in [0.717, 1.165) is 45.0 Å². The van der Waals surface area contributed by atoms with Gasteiger partial charge in [-0.15, -0.1) is 0 Å². The molecule has 0 spiro atoms. The minimum Gasteiger partial charge on any atom is -0.478 e. The van der Waals surface area contributed by atoms with Gasteiger partial charge in [-0.2, -0.15) is 13.2 Å². The first-order chi connectivity index (χ1) is 24.2. The second kappa shape index (κ2) is 12.3. The van der Waals surface area contributed by atoms with E-state index in [0.29, 0.717) is 46.5 Å². The molecule has 1 heterocycles. The SMILES string of the molecule is O=C(O)c1cccc(Oc2cccc(-c3cc(-c4cc(Cc5ccccc5)cc5c4Cc4ccccc4-5)nc4c(C(F)(F)F)cccc34)c2)c1. The number of nitrogens with zero attached hydrogens (tertiary/aromatic N) is 1. The van der Waals surface area contributed by atoms with E-state index < -0.39 is 17.7 Å². The number of hydrogen-bond acceptors (Lipinski definition) is 3. The van der Waals surface area contributed by atoms with Crippen molar-refractivity contribution in [2.45, 2.75) is 19.0 Å². The summed E-state index contributed by atoms with van der Waals surface area (Å²) in [7, 11) is 0. The molecule has 1 aliphatic carbocycles. The quantitative estimate of drug-likeness (QED) is 0.184. The Kier molecular flexibility index (Phi) is 7.68. The summed E-state index contributed by atoms with van der Waals surface area (Å²) in [5.41, 5.74) is 8.11. The average Bonchev–Trinajstić information content (AvgIpc) is 3.49. The summed E-state index contributed by atoms with van der Waals surface area (Å²) in [5.74, 6) is -0.348. The van der Waals surface area contributed by atoms with Gasteiger partial charge in [-0.25, -0.2) is 9.78 Å². The highest BCUT2D eigenvalue weighted by atomic mass is 19.4. The van der Waals surface area contributed by atoms with Crippen LogP contribution in [0.5, 0.6) is 11.5 Å². The molecule has 0 saturated heterocycles. The van der Waals surface area contributed by atoms with Crippen molar-refractivity contribution in [3.05, 3.63) is 173 Å².